The van der Waals surface area contributed by atoms with E-state index in [0.717, 1.165) is 36.7 Å². The van der Waals surface area contributed by atoms with Crippen LogP contribution in [0.3, 0.4) is 0 Å². The molecule has 0 saturated heterocycles. The normalized spacial score (nSPS) is 11.2. The number of rotatable bonds is 7. The molecule has 4 aromatic rings. The number of methoxy groups -OCH3 is 1. The second-order valence-corrected chi connectivity index (χ2v) is 10.2. The van der Waals surface area contributed by atoms with Crippen molar-refractivity contribution in [2.75, 3.05) is 7.11 Å². The smallest absolute Gasteiger partial charge is 0.336 e. The van der Waals surface area contributed by atoms with Gasteiger partial charge in [0, 0.05) is 23.0 Å². The van der Waals surface area contributed by atoms with Crippen LogP contribution in [0, 0.1) is 13.8 Å². The van der Waals surface area contributed by atoms with E-state index in [-0.39, 0.29) is 5.63 Å². The Bertz CT molecular complexity index is 1230. The number of aromatic nitrogens is 2. The molecule has 5 nitrogen and oxygen atoms in total. The van der Waals surface area contributed by atoms with E-state index in [2.05, 4.69) is 35.3 Å². The Balaban J connectivity index is 1.43. The van der Waals surface area contributed by atoms with Gasteiger partial charge in [-0.25, -0.2) is 4.79 Å². The summed E-state index contributed by atoms with van der Waals surface area (Å²) in [4.78, 5) is 12.0. The topological polar surface area (TPSA) is 65.2 Å². The standard InChI is InChI=1S/C22H20N2O3S3/c1-13-8-18-16(10-20(25)27-19(18)9-14(13)2)12-29-22-24-23-21(30-22)28-11-15-4-6-17(26-3)7-5-15/h4-10H,11-12H2,1-3H3. The zero-order valence-corrected chi connectivity index (χ0v) is 19.2. The Morgan fingerprint density at radius 1 is 0.967 bits per heavy atom. The van der Waals surface area contributed by atoms with E-state index in [1.54, 1.807) is 48.0 Å². The molecular formula is C22H20N2O3S3. The molecule has 2 heterocycles. The number of fused-ring (bicyclic) bond motifs is 1. The van der Waals surface area contributed by atoms with Crippen LogP contribution < -0.4 is 10.4 Å². The first-order chi connectivity index (χ1) is 14.5. The van der Waals surface area contributed by atoms with Crippen molar-refractivity contribution >= 4 is 45.8 Å². The molecule has 0 saturated carbocycles. The van der Waals surface area contributed by atoms with Crippen LogP contribution in [0.5, 0.6) is 5.75 Å². The van der Waals surface area contributed by atoms with Crippen molar-refractivity contribution < 1.29 is 9.15 Å². The van der Waals surface area contributed by atoms with Crippen molar-refractivity contribution in [1.82, 2.24) is 10.2 Å². The third kappa shape index (κ3) is 4.88. The monoisotopic (exact) mass is 456 g/mol. The Labute approximate surface area is 186 Å². The van der Waals surface area contributed by atoms with Gasteiger partial charge in [0.1, 0.15) is 11.3 Å². The quantitative estimate of drug-likeness (QED) is 0.255. The molecular weight excluding hydrogens is 436 g/mol. The van der Waals surface area contributed by atoms with E-state index in [4.69, 9.17) is 9.15 Å². The molecule has 0 unspecified atom stereocenters. The molecule has 0 N–H and O–H groups in total. The highest BCUT2D eigenvalue weighted by Crippen LogP contribution is 2.33. The van der Waals surface area contributed by atoms with Crippen LogP contribution in [0.1, 0.15) is 22.3 Å². The Kier molecular flexibility index (Phi) is 6.46. The Hall–Kier alpha value is -2.29. The average Bonchev–Trinajstić information content (AvgIpc) is 3.20. The lowest BCUT2D eigenvalue weighted by molar-refractivity contribution is 0.414. The van der Waals surface area contributed by atoms with Crippen LogP contribution in [0.4, 0.5) is 0 Å². The maximum atomic E-state index is 12.0. The molecule has 0 aliphatic rings. The minimum Gasteiger partial charge on any atom is -0.497 e. The van der Waals surface area contributed by atoms with E-state index in [1.165, 1.54) is 11.1 Å². The molecule has 0 amide bonds. The van der Waals surface area contributed by atoms with Crippen molar-refractivity contribution in [2.24, 2.45) is 0 Å². The minimum atomic E-state index is -0.325. The molecule has 0 bridgehead atoms. The van der Waals surface area contributed by atoms with Gasteiger partial charge in [0.2, 0.25) is 0 Å². The SMILES string of the molecule is COc1ccc(CSc2nnc(SCc3cc(=O)oc4cc(C)c(C)cc34)s2)cc1. The van der Waals surface area contributed by atoms with Gasteiger partial charge in [0.25, 0.3) is 0 Å². The molecule has 0 aliphatic carbocycles. The van der Waals surface area contributed by atoms with Crippen molar-refractivity contribution in [3.05, 3.63) is 75.1 Å². The molecule has 0 aliphatic heterocycles. The van der Waals surface area contributed by atoms with Crippen LogP contribution >= 0.6 is 34.9 Å². The highest BCUT2D eigenvalue weighted by Gasteiger charge is 2.11. The van der Waals surface area contributed by atoms with Gasteiger partial charge in [-0.2, -0.15) is 0 Å². The van der Waals surface area contributed by atoms with Gasteiger partial charge in [0.05, 0.1) is 7.11 Å². The highest BCUT2D eigenvalue weighted by atomic mass is 32.2. The van der Waals surface area contributed by atoms with E-state index >= 15 is 0 Å². The second-order valence-electron chi connectivity index (χ2n) is 6.78. The number of hydrogen-bond acceptors (Lipinski definition) is 8. The summed E-state index contributed by atoms with van der Waals surface area (Å²) >= 11 is 4.82. The van der Waals surface area contributed by atoms with Gasteiger partial charge in [-0.05, 0) is 60.4 Å². The maximum Gasteiger partial charge on any atom is 0.336 e. The number of aryl methyl sites for hydroxylation is 2. The average molecular weight is 457 g/mol. The second kappa shape index (κ2) is 9.24. The summed E-state index contributed by atoms with van der Waals surface area (Å²) in [7, 11) is 1.66. The molecule has 0 radical (unpaired) electrons. The fourth-order valence-corrected chi connectivity index (χ4v) is 5.89. The molecule has 0 spiro atoms. The molecule has 4 rings (SSSR count). The van der Waals surface area contributed by atoms with Crippen LogP contribution in [0.25, 0.3) is 11.0 Å². The molecule has 0 atom stereocenters. The Morgan fingerprint density at radius 2 is 1.63 bits per heavy atom. The van der Waals surface area contributed by atoms with Crippen LogP contribution in [0.2, 0.25) is 0 Å². The fraction of sp³-hybridized carbons (Fsp3) is 0.227. The summed E-state index contributed by atoms with van der Waals surface area (Å²) in [6, 6.07) is 13.6. The first-order valence-corrected chi connectivity index (χ1v) is 12.1. The lowest BCUT2D eigenvalue weighted by Gasteiger charge is -2.07. The first kappa shape index (κ1) is 21.0. The van der Waals surface area contributed by atoms with Crippen molar-refractivity contribution in [3.63, 3.8) is 0 Å². The molecule has 2 aromatic carbocycles. The zero-order valence-electron chi connectivity index (χ0n) is 16.8. The predicted octanol–water partition coefficient (Wildman–Crippen LogP) is 5.85. The van der Waals surface area contributed by atoms with Crippen molar-refractivity contribution in [3.8, 4) is 5.75 Å². The van der Waals surface area contributed by atoms with Gasteiger partial charge in [-0.1, -0.05) is 47.0 Å². The lowest BCUT2D eigenvalue weighted by Crippen LogP contribution is -2.00. The van der Waals surface area contributed by atoms with Crippen LogP contribution in [-0.2, 0) is 11.5 Å². The molecule has 2 aromatic heterocycles. The summed E-state index contributed by atoms with van der Waals surface area (Å²) in [6.45, 7) is 4.08. The summed E-state index contributed by atoms with van der Waals surface area (Å²) in [5, 5.41) is 9.56. The van der Waals surface area contributed by atoms with Gasteiger partial charge in [-0.15, -0.1) is 10.2 Å². The molecule has 8 heteroatoms. The fourth-order valence-electron chi connectivity index (χ4n) is 2.92. The van der Waals surface area contributed by atoms with E-state index in [1.807, 2.05) is 25.1 Å². The number of ether oxygens (including phenoxy) is 1. The third-order valence-corrected chi connectivity index (χ3v) is 8.01. The Morgan fingerprint density at radius 3 is 2.33 bits per heavy atom. The maximum absolute atomic E-state index is 12.0. The van der Waals surface area contributed by atoms with E-state index in [9.17, 15) is 4.79 Å². The number of hydrogen-bond donors (Lipinski definition) is 0. The third-order valence-electron chi connectivity index (χ3n) is 4.70. The van der Waals surface area contributed by atoms with E-state index in [0.29, 0.717) is 11.3 Å². The van der Waals surface area contributed by atoms with Gasteiger partial charge < -0.3 is 9.15 Å². The van der Waals surface area contributed by atoms with Crippen LogP contribution in [-0.4, -0.2) is 17.3 Å². The molecule has 0 fully saturated rings. The molecule has 154 valence electrons. The van der Waals surface area contributed by atoms with Crippen molar-refractivity contribution in [2.45, 2.75) is 34.0 Å². The van der Waals surface area contributed by atoms with Crippen molar-refractivity contribution in [1.29, 1.82) is 0 Å². The summed E-state index contributed by atoms with van der Waals surface area (Å²) < 4.78 is 12.4. The molecule has 30 heavy (non-hydrogen) atoms. The highest BCUT2D eigenvalue weighted by molar-refractivity contribution is 8.02. The summed E-state index contributed by atoms with van der Waals surface area (Å²) in [5.74, 6) is 2.32. The number of nitrogens with zero attached hydrogens (tertiary/aromatic N) is 2. The van der Waals surface area contributed by atoms with Crippen LogP contribution in [0.15, 0.2) is 60.4 Å². The zero-order chi connectivity index (χ0) is 21.1. The summed E-state index contributed by atoms with van der Waals surface area (Å²) in [6.07, 6.45) is 0. The van der Waals surface area contributed by atoms with Gasteiger partial charge >= 0.3 is 5.63 Å². The van der Waals surface area contributed by atoms with Gasteiger partial charge in [0.15, 0.2) is 8.68 Å². The van der Waals surface area contributed by atoms with Gasteiger partial charge in [-0.3, -0.25) is 0 Å². The van der Waals surface area contributed by atoms with E-state index < -0.39 is 0 Å². The predicted molar refractivity (Wildman–Crippen MR) is 124 cm³/mol. The number of thioether (sulfide) groups is 2. The first-order valence-electron chi connectivity index (χ1n) is 9.28. The number of benzene rings is 2. The summed E-state index contributed by atoms with van der Waals surface area (Å²) in [5.41, 5.74) is 4.76. The lowest BCUT2D eigenvalue weighted by atomic mass is 10.0. The minimum absolute atomic E-state index is 0.325. The largest absolute Gasteiger partial charge is 0.497 e.